The zero-order valence-electron chi connectivity index (χ0n) is 16.7. The number of rotatable bonds is 7. The Morgan fingerprint density at radius 1 is 1.14 bits per heavy atom. The van der Waals surface area contributed by atoms with Crippen LogP contribution in [0.5, 0.6) is 17.2 Å². The maximum Gasteiger partial charge on any atom is 0.247 e. The Hall–Kier alpha value is -2.95. The van der Waals surface area contributed by atoms with Gasteiger partial charge in [0.05, 0.1) is 26.9 Å². The van der Waals surface area contributed by atoms with E-state index in [1.165, 1.54) is 0 Å². The van der Waals surface area contributed by atoms with Crippen LogP contribution >= 0.6 is 0 Å². The minimum atomic E-state index is -0.00771. The lowest BCUT2D eigenvalue weighted by molar-refractivity contribution is -0.126. The summed E-state index contributed by atoms with van der Waals surface area (Å²) in [6.45, 7) is 3.27. The van der Waals surface area contributed by atoms with Gasteiger partial charge in [-0.1, -0.05) is 18.2 Å². The van der Waals surface area contributed by atoms with Crippen molar-refractivity contribution in [2.45, 2.75) is 25.8 Å². The molecule has 1 aliphatic rings. The molecule has 148 valence electrons. The van der Waals surface area contributed by atoms with E-state index in [9.17, 15) is 4.79 Å². The van der Waals surface area contributed by atoms with Gasteiger partial charge in [-0.3, -0.25) is 4.79 Å². The number of carbonyl (C=O) groups is 1. The number of nitrogens with zero attached hydrogens (tertiary/aromatic N) is 1. The molecular formula is C23H27NO4. The number of para-hydroxylation sites is 1. The second kappa shape index (κ2) is 9.31. The van der Waals surface area contributed by atoms with Crippen molar-refractivity contribution in [1.82, 2.24) is 4.90 Å². The Balaban J connectivity index is 1.81. The number of amides is 1. The van der Waals surface area contributed by atoms with Gasteiger partial charge in [0.15, 0.2) is 0 Å². The first-order valence-electron chi connectivity index (χ1n) is 9.60. The van der Waals surface area contributed by atoms with Crippen LogP contribution in [0, 0.1) is 0 Å². The molecule has 5 heteroatoms. The first-order valence-corrected chi connectivity index (χ1v) is 9.60. The van der Waals surface area contributed by atoms with E-state index in [0.29, 0.717) is 6.61 Å². The summed E-state index contributed by atoms with van der Waals surface area (Å²) in [6.07, 6.45) is 5.34. The maximum atomic E-state index is 12.9. The van der Waals surface area contributed by atoms with Gasteiger partial charge in [0.1, 0.15) is 17.2 Å². The average Bonchev–Trinajstić information content (AvgIpc) is 3.22. The summed E-state index contributed by atoms with van der Waals surface area (Å²) in [5.74, 6) is 2.26. The first kappa shape index (κ1) is 19.8. The molecule has 0 bridgehead atoms. The number of hydrogen-bond donors (Lipinski definition) is 0. The summed E-state index contributed by atoms with van der Waals surface area (Å²) in [7, 11) is 3.27. The fraction of sp³-hybridized carbons (Fsp3) is 0.348. The van der Waals surface area contributed by atoms with Crippen LogP contribution < -0.4 is 14.2 Å². The Kier molecular flexibility index (Phi) is 6.58. The number of benzene rings is 2. The number of carbonyl (C=O) groups excluding carboxylic acids is 1. The van der Waals surface area contributed by atoms with E-state index in [1.54, 1.807) is 20.3 Å². The summed E-state index contributed by atoms with van der Waals surface area (Å²) in [5, 5.41) is 0. The smallest absolute Gasteiger partial charge is 0.247 e. The topological polar surface area (TPSA) is 48.0 Å². The second-order valence-electron chi connectivity index (χ2n) is 6.60. The van der Waals surface area contributed by atoms with Crippen LogP contribution in [0.4, 0.5) is 0 Å². The van der Waals surface area contributed by atoms with E-state index in [1.807, 2.05) is 60.4 Å². The van der Waals surface area contributed by atoms with Crippen molar-refractivity contribution in [3.63, 3.8) is 0 Å². The second-order valence-corrected chi connectivity index (χ2v) is 6.60. The van der Waals surface area contributed by atoms with Crippen molar-refractivity contribution >= 4 is 12.0 Å². The molecule has 1 unspecified atom stereocenters. The van der Waals surface area contributed by atoms with E-state index in [-0.39, 0.29) is 11.9 Å². The third kappa shape index (κ3) is 4.30. The van der Waals surface area contributed by atoms with Gasteiger partial charge in [-0.25, -0.2) is 0 Å². The lowest BCUT2D eigenvalue weighted by Gasteiger charge is -2.25. The molecular weight excluding hydrogens is 354 g/mol. The highest BCUT2D eigenvalue weighted by atomic mass is 16.5. The highest BCUT2D eigenvalue weighted by molar-refractivity contribution is 5.92. The molecule has 1 heterocycles. The van der Waals surface area contributed by atoms with Crippen molar-refractivity contribution in [3.05, 3.63) is 59.7 Å². The molecule has 5 nitrogen and oxygen atoms in total. The zero-order chi connectivity index (χ0) is 19.9. The van der Waals surface area contributed by atoms with Gasteiger partial charge in [0.25, 0.3) is 0 Å². The van der Waals surface area contributed by atoms with Crippen LogP contribution in [0.3, 0.4) is 0 Å². The van der Waals surface area contributed by atoms with Gasteiger partial charge in [-0.05, 0) is 44.0 Å². The molecule has 1 aliphatic heterocycles. The highest BCUT2D eigenvalue weighted by Crippen LogP contribution is 2.38. The molecule has 3 rings (SSSR count). The van der Waals surface area contributed by atoms with E-state index in [0.717, 1.165) is 47.8 Å². The van der Waals surface area contributed by atoms with E-state index in [4.69, 9.17) is 14.2 Å². The van der Waals surface area contributed by atoms with Crippen molar-refractivity contribution in [2.75, 3.05) is 27.4 Å². The van der Waals surface area contributed by atoms with E-state index in [2.05, 4.69) is 0 Å². The van der Waals surface area contributed by atoms with Crippen molar-refractivity contribution < 1.29 is 19.0 Å². The van der Waals surface area contributed by atoms with Crippen molar-refractivity contribution in [1.29, 1.82) is 0 Å². The molecule has 0 aromatic heterocycles. The third-order valence-corrected chi connectivity index (χ3v) is 4.96. The maximum absolute atomic E-state index is 12.9. The summed E-state index contributed by atoms with van der Waals surface area (Å²) >= 11 is 0. The van der Waals surface area contributed by atoms with Crippen LogP contribution in [0.2, 0.25) is 0 Å². The first-order chi connectivity index (χ1) is 13.7. The molecule has 0 N–H and O–H groups in total. The minimum absolute atomic E-state index is 0.000131. The molecule has 0 aliphatic carbocycles. The standard InChI is InChI=1S/C23H27NO4/c1-4-28-21-10-6-5-8-17(21)11-14-23(25)24-15-7-9-20(24)19-13-12-18(26-2)16-22(19)27-3/h5-6,8,10-14,16,20H,4,7,9,15H2,1-3H3/b14-11+. The fourth-order valence-electron chi connectivity index (χ4n) is 3.61. The van der Waals surface area contributed by atoms with Gasteiger partial charge in [0.2, 0.25) is 5.91 Å². The van der Waals surface area contributed by atoms with Crippen LogP contribution in [0.1, 0.15) is 36.9 Å². The normalized spacial score (nSPS) is 16.4. The predicted molar refractivity (Wildman–Crippen MR) is 110 cm³/mol. The van der Waals surface area contributed by atoms with Crippen LogP contribution in [-0.4, -0.2) is 38.2 Å². The van der Waals surface area contributed by atoms with Crippen molar-refractivity contribution in [3.8, 4) is 17.2 Å². The van der Waals surface area contributed by atoms with Crippen LogP contribution in [-0.2, 0) is 4.79 Å². The number of likely N-dealkylation sites (tertiary alicyclic amines) is 1. The van der Waals surface area contributed by atoms with Gasteiger partial charge < -0.3 is 19.1 Å². The lowest BCUT2D eigenvalue weighted by Crippen LogP contribution is -2.29. The fourth-order valence-corrected chi connectivity index (χ4v) is 3.61. The van der Waals surface area contributed by atoms with Crippen LogP contribution in [0.25, 0.3) is 6.08 Å². The van der Waals surface area contributed by atoms with E-state index < -0.39 is 0 Å². The van der Waals surface area contributed by atoms with Gasteiger partial charge in [-0.15, -0.1) is 0 Å². The monoisotopic (exact) mass is 381 g/mol. The van der Waals surface area contributed by atoms with Gasteiger partial charge in [-0.2, -0.15) is 0 Å². The molecule has 0 spiro atoms. The summed E-state index contributed by atoms with van der Waals surface area (Å²) in [6, 6.07) is 13.5. The predicted octanol–water partition coefficient (Wildman–Crippen LogP) is 4.48. The third-order valence-electron chi connectivity index (χ3n) is 4.96. The SMILES string of the molecule is CCOc1ccccc1/C=C/C(=O)N1CCCC1c1ccc(OC)cc1OC. The lowest BCUT2D eigenvalue weighted by atomic mass is 10.0. The molecule has 28 heavy (non-hydrogen) atoms. The molecule has 1 saturated heterocycles. The molecule has 0 saturated carbocycles. The number of methoxy groups -OCH3 is 2. The Labute approximate surface area is 166 Å². The van der Waals surface area contributed by atoms with Gasteiger partial charge in [0, 0.05) is 29.8 Å². The minimum Gasteiger partial charge on any atom is -0.497 e. The molecule has 1 atom stereocenters. The van der Waals surface area contributed by atoms with E-state index >= 15 is 0 Å². The van der Waals surface area contributed by atoms with Gasteiger partial charge >= 0.3 is 0 Å². The molecule has 1 fully saturated rings. The highest BCUT2D eigenvalue weighted by Gasteiger charge is 2.31. The summed E-state index contributed by atoms with van der Waals surface area (Å²) < 4.78 is 16.5. The molecule has 0 radical (unpaired) electrons. The zero-order valence-corrected chi connectivity index (χ0v) is 16.7. The molecule has 2 aromatic rings. The number of ether oxygens (including phenoxy) is 3. The molecule has 1 amide bonds. The van der Waals surface area contributed by atoms with Crippen molar-refractivity contribution in [2.24, 2.45) is 0 Å². The largest absolute Gasteiger partial charge is 0.497 e. The summed E-state index contributed by atoms with van der Waals surface area (Å²) in [4.78, 5) is 14.8. The quantitative estimate of drug-likeness (QED) is 0.664. The average molecular weight is 381 g/mol. The van der Waals surface area contributed by atoms with Crippen LogP contribution in [0.15, 0.2) is 48.5 Å². The Bertz CT molecular complexity index is 846. The Morgan fingerprint density at radius 2 is 1.96 bits per heavy atom. The summed E-state index contributed by atoms with van der Waals surface area (Å²) in [5.41, 5.74) is 1.91. The Morgan fingerprint density at radius 3 is 2.71 bits per heavy atom. The number of hydrogen-bond acceptors (Lipinski definition) is 4. The molecule has 2 aromatic carbocycles.